The number of halogens is 1. The summed E-state index contributed by atoms with van der Waals surface area (Å²) in [5.41, 5.74) is 4.69. The van der Waals surface area contributed by atoms with Crippen molar-refractivity contribution in [2.24, 2.45) is 13.0 Å². The number of hydrogen-bond donors (Lipinski definition) is 2. The number of aromatic nitrogens is 3. The molecule has 2 atom stereocenters. The van der Waals surface area contributed by atoms with Crippen LogP contribution >= 0.6 is 23.7 Å². The Balaban J connectivity index is 0.00000196. The van der Waals surface area contributed by atoms with Crippen molar-refractivity contribution in [3.05, 3.63) is 53.8 Å². The van der Waals surface area contributed by atoms with Gasteiger partial charge in [0.25, 0.3) is 0 Å². The van der Waals surface area contributed by atoms with Gasteiger partial charge >= 0.3 is 0 Å². The van der Waals surface area contributed by atoms with E-state index in [1.807, 2.05) is 49.8 Å². The number of amides is 1. The van der Waals surface area contributed by atoms with Crippen LogP contribution < -0.4 is 10.6 Å². The van der Waals surface area contributed by atoms with Gasteiger partial charge in [0.15, 0.2) is 0 Å². The fourth-order valence-corrected chi connectivity index (χ4v) is 3.98. The van der Waals surface area contributed by atoms with E-state index in [-0.39, 0.29) is 30.2 Å². The van der Waals surface area contributed by atoms with Crippen molar-refractivity contribution < 1.29 is 4.79 Å². The zero-order valence-corrected chi connectivity index (χ0v) is 15.9. The minimum Gasteiger partial charge on any atom is -0.316 e. The number of nitrogens with one attached hydrogen (secondary N) is 2. The first-order valence-corrected chi connectivity index (χ1v) is 9.09. The van der Waals surface area contributed by atoms with E-state index in [1.165, 1.54) is 11.3 Å². The number of benzene rings is 1. The SMILES string of the molecule is Cl.Cn1cc([C@H]2CNC[C@@H]2C(=O)Nc2scnc2-c2ccccc2)cn1. The van der Waals surface area contributed by atoms with Gasteiger partial charge in [-0.2, -0.15) is 5.10 Å². The van der Waals surface area contributed by atoms with Crippen LogP contribution in [0.5, 0.6) is 0 Å². The van der Waals surface area contributed by atoms with E-state index in [0.717, 1.165) is 28.4 Å². The van der Waals surface area contributed by atoms with Gasteiger partial charge in [-0.3, -0.25) is 9.48 Å². The third kappa shape index (κ3) is 3.65. The van der Waals surface area contributed by atoms with Crippen molar-refractivity contribution in [3.8, 4) is 11.3 Å². The quantitative estimate of drug-likeness (QED) is 0.719. The van der Waals surface area contributed by atoms with Crippen molar-refractivity contribution in [2.75, 3.05) is 18.4 Å². The van der Waals surface area contributed by atoms with Crippen LogP contribution in [0.3, 0.4) is 0 Å². The first kappa shape index (κ1) is 18.6. The van der Waals surface area contributed by atoms with Crippen LogP contribution in [0, 0.1) is 5.92 Å². The van der Waals surface area contributed by atoms with Gasteiger partial charge in [-0.1, -0.05) is 30.3 Å². The summed E-state index contributed by atoms with van der Waals surface area (Å²) in [6, 6.07) is 9.91. The molecule has 2 aromatic heterocycles. The van der Waals surface area contributed by atoms with Crippen LogP contribution in [0.4, 0.5) is 5.00 Å². The maximum absolute atomic E-state index is 12.9. The van der Waals surface area contributed by atoms with E-state index in [0.29, 0.717) is 6.54 Å². The molecule has 1 amide bonds. The highest BCUT2D eigenvalue weighted by molar-refractivity contribution is 7.14. The number of thiazole rings is 1. The smallest absolute Gasteiger partial charge is 0.230 e. The zero-order chi connectivity index (χ0) is 17.2. The number of rotatable bonds is 4. The van der Waals surface area contributed by atoms with Gasteiger partial charge in [-0.05, 0) is 5.56 Å². The van der Waals surface area contributed by atoms with Gasteiger partial charge in [0.05, 0.1) is 17.6 Å². The number of nitrogens with zero attached hydrogens (tertiary/aromatic N) is 3. The summed E-state index contributed by atoms with van der Waals surface area (Å²) in [6.07, 6.45) is 3.83. The lowest BCUT2D eigenvalue weighted by atomic mass is 9.90. The van der Waals surface area contributed by atoms with E-state index in [1.54, 1.807) is 10.2 Å². The molecule has 2 N–H and O–H groups in total. The fraction of sp³-hybridized carbons (Fsp3) is 0.278. The first-order valence-electron chi connectivity index (χ1n) is 8.21. The topological polar surface area (TPSA) is 71.8 Å². The largest absolute Gasteiger partial charge is 0.316 e. The second kappa shape index (κ2) is 7.99. The monoisotopic (exact) mass is 389 g/mol. The molecule has 1 aliphatic heterocycles. The Morgan fingerprint density at radius 2 is 2.12 bits per heavy atom. The zero-order valence-electron chi connectivity index (χ0n) is 14.3. The molecule has 3 heterocycles. The summed E-state index contributed by atoms with van der Waals surface area (Å²) < 4.78 is 1.78. The molecule has 8 heteroatoms. The second-order valence-electron chi connectivity index (χ2n) is 6.20. The first-order chi connectivity index (χ1) is 12.2. The molecule has 3 aromatic rings. The van der Waals surface area contributed by atoms with E-state index in [2.05, 4.69) is 20.7 Å². The molecule has 0 spiro atoms. The summed E-state index contributed by atoms with van der Waals surface area (Å²) in [5, 5.41) is 11.4. The van der Waals surface area contributed by atoms with Crippen molar-refractivity contribution in [1.29, 1.82) is 0 Å². The van der Waals surface area contributed by atoms with Crippen LogP contribution in [0.15, 0.2) is 48.2 Å². The average molecular weight is 390 g/mol. The highest BCUT2D eigenvalue weighted by Crippen LogP contribution is 2.33. The average Bonchev–Trinajstić information content (AvgIpc) is 3.35. The molecule has 0 bridgehead atoms. The van der Waals surface area contributed by atoms with Crippen LogP contribution in [-0.2, 0) is 11.8 Å². The Morgan fingerprint density at radius 3 is 2.85 bits per heavy atom. The van der Waals surface area contributed by atoms with Crippen molar-refractivity contribution in [2.45, 2.75) is 5.92 Å². The Labute approximate surface area is 162 Å². The molecule has 6 nitrogen and oxygen atoms in total. The molecule has 1 aromatic carbocycles. The highest BCUT2D eigenvalue weighted by Gasteiger charge is 2.35. The van der Waals surface area contributed by atoms with Crippen LogP contribution in [0.25, 0.3) is 11.3 Å². The minimum absolute atomic E-state index is 0. The number of carbonyl (C=O) groups excluding carboxylic acids is 1. The van der Waals surface area contributed by atoms with E-state index in [4.69, 9.17) is 0 Å². The molecular formula is C18H20ClN5OS. The molecule has 1 fully saturated rings. The standard InChI is InChI=1S/C18H19N5OS.ClH/c1-23-10-13(7-21-23)14-8-19-9-15(14)17(24)22-18-16(20-11-25-18)12-5-3-2-4-6-12;/h2-7,10-11,14-15,19H,8-9H2,1H3,(H,22,24);1H/t14-,15+;/m1./s1. The summed E-state index contributed by atoms with van der Waals surface area (Å²) in [4.78, 5) is 17.3. The molecule has 0 unspecified atom stereocenters. The van der Waals surface area contributed by atoms with Gasteiger partial charge in [0, 0.05) is 37.8 Å². The molecule has 0 saturated carbocycles. The second-order valence-corrected chi connectivity index (χ2v) is 7.06. The van der Waals surface area contributed by atoms with Gasteiger partial charge in [-0.25, -0.2) is 4.98 Å². The summed E-state index contributed by atoms with van der Waals surface area (Å²) in [6.45, 7) is 1.46. The maximum Gasteiger partial charge on any atom is 0.230 e. The lowest BCUT2D eigenvalue weighted by molar-refractivity contribution is -0.119. The van der Waals surface area contributed by atoms with Crippen molar-refractivity contribution >= 4 is 34.7 Å². The number of carbonyl (C=O) groups is 1. The summed E-state index contributed by atoms with van der Waals surface area (Å²) >= 11 is 1.45. The van der Waals surface area contributed by atoms with Gasteiger partial charge in [0.2, 0.25) is 5.91 Å². The molecule has 1 saturated heterocycles. The van der Waals surface area contributed by atoms with Crippen molar-refractivity contribution in [3.63, 3.8) is 0 Å². The Morgan fingerprint density at radius 1 is 1.31 bits per heavy atom. The lowest BCUT2D eigenvalue weighted by Crippen LogP contribution is -2.27. The molecule has 0 aliphatic carbocycles. The molecular weight excluding hydrogens is 370 g/mol. The van der Waals surface area contributed by atoms with E-state index < -0.39 is 0 Å². The van der Waals surface area contributed by atoms with Crippen LogP contribution in [0.1, 0.15) is 11.5 Å². The van der Waals surface area contributed by atoms with Crippen LogP contribution in [-0.4, -0.2) is 33.8 Å². The molecule has 26 heavy (non-hydrogen) atoms. The van der Waals surface area contributed by atoms with Gasteiger partial charge < -0.3 is 10.6 Å². The highest BCUT2D eigenvalue weighted by atomic mass is 35.5. The Bertz CT molecular complexity index is 879. The molecule has 4 rings (SSSR count). The third-order valence-corrected chi connectivity index (χ3v) is 5.30. The maximum atomic E-state index is 12.9. The minimum atomic E-state index is -0.116. The summed E-state index contributed by atoms with van der Waals surface area (Å²) in [7, 11) is 1.89. The van der Waals surface area contributed by atoms with Crippen molar-refractivity contribution in [1.82, 2.24) is 20.1 Å². The Hall–Kier alpha value is -2.22. The number of aryl methyl sites for hydroxylation is 1. The van der Waals surface area contributed by atoms with Crippen LogP contribution in [0.2, 0.25) is 0 Å². The fourth-order valence-electron chi connectivity index (χ4n) is 3.28. The normalized spacial score (nSPS) is 19.1. The molecule has 0 radical (unpaired) electrons. The predicted molar refractivity (Wildman–Crippen MR) is 106 cm³/mol. The lowest BCUT2D eigenvalue weighted by Gasteiger charge is -2.16. The van der Waals surface area contributed by atoms with Gasteiger partial charge in [0.1, 0.15) is 10.7 Å². The molecule has 1 aliphatic rings. The number of hydrogen-bond acceptors (Lipinski definition) is 5. The summed E-state index contributed by atoms with van der Waals surface area (Å²) in [5.74, 6) is 0.0528. The third-order valence-electron chi connectivity index (χ3n) is 4.56. The van der Waals surface area contributed by atoms with E-state index in [9.17, 15) is 4.79 Å². The Kier molecular flexibility index (Phi) is 5.70. The van der Waals surface area contributed by atoms with E-state index >= 15 is 0 Å². The predicted octanol–water partition coefficient (Wildman–Crippen LogP) is 2.91. The molecule has 136 valence electrons. The van der Waals surface area contributed by atoms with Gasteiger partial charge in [-0.15, -0.1) is 23.7 Å². The number of anilines is 1.